The van der Waals surface area contributed by atoms with Gasteiger partial charge in [-0.05, 0) is 18.6 Å². The fourth-order valence-electron chi connectivity index (χ4n) is 1.93. The minimum Gasteiger partial charge on any atom is -0.381 e. The van der Waals surface area contributed by atoms with Crippen LogP contribution in [0, 0.1) is 0 Å². The zero-order valence-electron chi connectivity index (χ0n) is 11.2. The Morgan fingerprint density at radius 3 is 2.53 bits per heavy atom. The molecule has 0 amide bonds. The van der Waals surface area contributed by atoms with E-state index in [-0.39, 0.29) is 0 Å². The Hall–Kier alpha value is -1.72. The van der Waals surface area contributed by atoms with E-state index in [1.54, 1.807) is 0 Å². The molecule has 102 valence electrons. The van der Waals surface area contributed by atoms with Gasteiger partial charge in [0.05, 0.1) is 13.2 Å². The number of aromatic nitrogens is 3. The normalized spacial score (nSPS) is 10.8. The molecule has 2 N–H and O–H groups in total. The minimum absolute atomic E-state index is 0.373. The quantitative estimate of drug-likeness (QED) is 0.769. The number of para-hydroxylation sites is 1. The predicted molar refractivity (Wildman–Crippen MR) is 74.1 cm³/mol. The number of ether oxygens (including phenoxy) is 1. The summed E-state index contributed by atoms with van der Waals surface area (Å²) in [6, 6.07) is 10.0. The molecule has 0 spiro atoms. The van der Waals surface area contributed by atoms with Crippen LogP contribution in [0.15, 0.2) is 30.3 Å². The lowest BCUT2D eigenvalue weighted by Crippen LogP contribution is -2.11. The summed E-state index contributed by atoms with van der Waals surface area (Å²) in [5.74, 6) is 1.67. The Bertz CT molecular complexity index is 495. The van der Waals surface area contributed by atoms with Gasteiger partial charge in [-0.3, -0.25) is 4.57 Å². The van der Waals surface area contributed by atoms with Gasteiger partial charge < -0.3 is 10.5 Å². The molecule has 0 saturated carbocycles. The second kappa shape index (κ2) is 7.01. The topological polar surface area (TPSA) is 66.0 Å². The molecule has 2 rings (SSSR count). The molecule has 0 aliphatic rings. The first-order valence-corrected chi connectivity index (χ1v) is 6.63. The van der Waals surface area contributed by atoms with Crippen LogP contribution in [0.2, 0.25) is 0 Å². The van der Waals surface area contributed by atoms with Crippen molar-refractivity contribution in [3.63, 3.8) is 0 Å². The van der Waals surface area contributed by atoms with Crippen LogP contribution >= 0.6 is 0 Å². The Labute approximate surface area is 113 Å². The monoisotopic (exact) mass is 260 g/mol. The van der Waals surface area contributed by atoms with Crippen LogP contribution in [-0.4, -0.2) is 28.0 Å². The lowest BCUT2D eigenvalue weighted by Gasteiger charge is -2.09. The van der Waals surface area contributed by atoms with E-state index in [0.717, 1.165) is 36.8 Å². The number of hydrogen-bond donors (Lipinski definition) is 1. The standard InChI is InChI=1S/C14H20N4O/c1-2-9-19-10-8-13-16-17-14(11-15)18(13)12-6-4-3-5-7-12/h3-7H,2,8-11,15H2,1H3. The average molecular weight is 260 g/mol. The molecule has 1 heterocycles. The summed E-state index contributed by atoms with van der Waals surface area (Å²) in [4.78, 5) is 0. The molecular weight excluding hydrogens is 240 g/mol. The van der Waals surface area contributed by atoms with Crippen molar-refractivity contribution in [3.8, 4) is 5.69 Å². The molecule has 0 atom stereocenters. The molecule has 1 aromatic carbocycles. The third-order valence-electron chi connectivity index (χ3n) is 2.81. The van der Waals surface area contributed by atoms with E-state index in [1.807, 2.05) is 34.9 Å². The van der Waals surface area contributed by atoms with E-state index in [9.17, 15) is 0 Å². The molecule has 1 aromatic heterocycles. The molecule has 5 nitrogen and oxygen atoms in total. The summed E-state index contributed by atoms with van der Waals surface area (Å²) < 4.78 is 7.52. The Morgan fingerprint density at radius 1 is 1.11 bits per heavy atom. The van der Waals surface area contributed by atoms with Gasteiger partial charge in [0.1, 0.15) is 5.82 Å². The van der Waals surface area contributed by atoms with Gasteiger partial charge in [0.25, 0.3) is 0 Å². The molecule has 0 fully saturated rings. The molecule has 2 aromatic rings. The van der Waals surface area contributed by atoms with Gasteiger partial charge >= 0.3 is 0 Å². The van der Waals surface area contributed by atoms with Crippen LogP contribution in [-0.2, 0) is 17.7 Å². The highest BCUT2D eigenvalue weighted by atomic mass is 16.5. The van der Waals surface area contributed by atoms with Crippen molar-refractivity contribution in [1.82, 2.24) is 14.8 Å². The third-order valence-corrected chi connectivity index (χ3v) is 2.81. The lowest BCUT2D eigenvalue weighted by atomic mass is 10.3. The van der Waals surface area contributed by atoms with Crippen molar-refractivity contribution in [2.75, 3.05) is 13.2 Å². The van der Waals surface area contributed by atoms with Crippen LogP contribution in [0.5, 0.6) is 0 Å². The van der Waals surface area contributed by atoms with Crippen molar-refractivity contribution in [3.05, 3.63) is 42.0 Å². The van der Waals surface area contributed by atoms with E-state index < -0.39 is 0 Å². The number of rotatable bonds is 7. The van der Waals surface area contributed by atoms with Gasteiger partial charge in [0.2, 0.25) is 0 Å². The summed E-state index contributed by atoms with van der Waals surface area (Å²) in [6.45, 7) is 3.91. The second-order valence-corrected chi connectivity index (χ2v) is 4.27. The Kier molecular flexibility index (Phi) is 5.06. The Balaban J connectivity index is 2.18. The van der Waals surface area contributed by atoms with Gasteiger partial charge in [-0.1, -0.05) is 25.1 Å². The highest BCUT2D eigenvalue weighted by Gasteiger charge is 2.12. The summed E-state index contributed by atoms with van der Waals surface area (Å²) in [7, 11) is 0. The van der Waals surface area contributed by atoms with Crippen molar-refractivity contribution in [2.45, 2.75) is 26.3 Å². The molecular formula is C14H20N4O. The molecule has 5 heteroatoms. The summed E-state index contributed by atoms with van der Waals surface area (Å²) >= 11 is 0. The first kappa shape index (κ1) is 13.7. The van der Waals surface area contributed by atoms with Gasteiger partial charge in [-0.15, -0.1) is 10.2 Å². The van der Waals surface area contributed by atoms with E-state index in [0.29, 0.717) is 13.2 Å². The van der Waals surface area contributed by atoms with Crippen LogP contribution in [0.4, 0.5) is 0 Å². The summed E-state index contributed by atoms with van der Waals surface area (Å²) in [6.07, 6.45) is 1.77. The molecule has 0 saturated heterocycles. The highest BCUT2D eigenvalue weighted by Crippen LogP contribution is 2.13. The predicted octanol–water partition coefficient (Wildman–Crippen LogP) is 1.70. The van der Waals surface area contributed by atoms with E-state index in [1.165, 1.54) is 0 Å². The van der Waals surface area contributed by atoms with Crippen LogP contribution in [0.1, 0.15) is 25.0 Å². The third kappa shape index (κ3) is 3.39. The van der Waals surface area contributed by atoms with E-state index in [2.05, 4.69) is 17.1 Å². The largest absolute Gasteiger partial charge is 0.381 e. The number of nitrogens with zero attached hydrogens (tertiary/aromatic N) is 3. The van der Waals surface area contributed by atoms with Crippen LogP contribution < -0.4 is 5.73 Å². The fourth-order valence-corrected chi connectivity index (χ4v) is 1.93. The maximum atomic E-state index is 5.72. The summed E-state index contributed by atoms with van der Waals surface area (Å²) in [5, 5.41) is 8.36. The second-order valence-electron chi connectivity index (χ2n) is 4.27. The van der Waals surface area contributed by atoms with Gasteiger partial charge in [-0.25, -0.2) is 0 Å². The molecule has 0 unspecified atom stereocenters. The number of benzene rings is 1. The lowest BCUT2D eigenvalue weighted by molar-refractivity contribution is 0.136. The maximum Gasteiger partial charge on any atom is 0.151 e. The van der Waals surface area contributed by atoms with E-state index >= 15 is 0 Å². The van der Waals surface area contributed by atoms with Crippen molar-refractivity contribution >= 4 is 0 Å². The summed E-state index contributed by atoms with van der Waals surface area (Å²) in [5.41, 5.74) is 6.76. The maximum absolute atomic E-state index is 5.72. The van der Waals surface area contributed by atoms with Gasteiger partial charge in [0, 0.05) is 18.7 Å². The van der Waals surface area contributed by atoms with Crippen molar-refractivity contribution in [2.24, 2.45) is 5.73 Å². The molecule has 19 heavy (non-hydrogen) atoms. The number of nitrogens with two attached hydrogens (primary N) is 1. The fraction of sp³-hybridized carbons (Fsp3) is 0.429. The van der Waals surface area contributed by atoms with Crippen LogP contribution in [0.3, 0.4) is 0 Å². The van der Waals surface area contributed by atoms with Crippen molar-refractivity contribution < 1.29 is 4.74 Å². The van der Waals surface area contributed by atoms with Crippen LogP contribution in [0.25, 0.3) is 5.69 Å². The molecule has 0 aliphatic carbocycles. The zero-order valence-corrected chi connectivity index (χ0v) is 11.2. The highest BCUT2D eigenvalue weighted by molar-refractivity contribution is 5.34. The molecule has 0 aliphatic heterocycles. The molecule has 0 radical (unpaired) electrons. The SMILES string of the molecule is CCCOCCc1nnc(CN)n1-c1ccccc1. The minimum atomic E-state index is 0.373. The van der Waals surface area contributed by atoms with E-state index in [4.69, 9.17) is 10.5 Å². The first-order chi connectivity index (χ1) is 9.36. The first-order valence-electron chi connectivity index (χ1n) is 6.63. The number of hydrogen-bond acceptors (Lipinski definition) is 4. The zero-order chi connectivity index (χ0) is 13.5. The average Bonchev–Trinajstić information content (AvgIpc) is 2.87. The van der Waals surface area contributed by atoms with Crippen molar-refractivity contribution in [1.29, 1.82) is 0 Å². The van der Waals surface area contributed by atoms with Gasteiger partial charge in [-0.2, -0.15) is 0 Å². The van der Waals surface area contributed by atoms with Gasteiger partial charge in [0.15, 0.2) is 5.82 Å². The Morgan fingerprint density at radius 2 is 1.84 bits per heavy atom. The smallest absolute Gasteiger partial charge is 0.151 e. The molecule has 0 bridgehead atoms.